The van der Waals surface area contributed by atoms with E-state index < -0.39 is 17.4 Å². The zero-order valence-electron chi connectivity index (χ0n) is 12.8. The molecule has 0 unspecified atom stereocenters. The van der Waals surface area contributed by atoms with Gasteiger partial charge in [0.2, 0.25) is 0 Å². The van der Waals surface area contributed by atoms with Crippen LogP contribution in [0.2, 0.25) is 0 Å². The van der Waals surface area contributed by atoms with E-state index in [0.717, 1.165) is 12.1 Å². The SMILES string of the molecule is CN(c1cccc(-c2cccc(F)c2)c1)c1c(F)ccc(O)c1F. The molecule has 0 spiro atoms. The lowest BCUT2D eigenvalue weighted by atomic mass is 10.0. The molecule has 0 bridgehead atoms. The Hall–Kier alpha value is -2.95. The van der Waals surface area contributed by atoms with Gasteiger partial charge in [0.1, 0.15) is 17.3 Å². The lowest BCUT2D eigenvalue weighted by Crippen LogP contribution is -2.13. The fraction of sp³-hybridized carbons (Fsp3) is 0.0526. The van der Waals surface area contributed by atoms with Gasteiger partial charge in [0.25, 0.3) is 0 Å². The van der Waals surface area contributed by atoms with E-state index in [0.29, 0.717) is 16.8 Å². The van der Waals surface area contributed by atoms with Crippen LogP contribution < -0.4 is 4.90 Å². The van der Waals surface area contributed by atoms with Gasteiger partial charge in [0.05, 0.1) is 0 Å². The lowest BCUT2D eigenvalue weighted by Gasteiger charge is -2.21. The second kappa shape index (κ2) is 6.28. The van der Waals surface area contributed by atoms with Gasteiger partial charge in [-0.2, -0.15) is 0 Å². The summed E-state index contributed by atoms with van der Waals surface area (Å²) in [6.07, 6.45) is 0. The van der Waals surface area contributed by atoms with Gasteiger partial charge in [-0.15, -0.1) is 0 Å². The Morgan fingerprint density at radius 3 is 2.21 bits per heavy atom. The molecule has 0 fully saturated rings. The first kappa shape index (κ1) is 15.9. The van der Waals surface area contributed by atoms with Crippen molar-refractivity contribution in [1.82, 2.24) is 0 Å². The van der Waals surface area contributed by atoms with Crippen molar-refractivity contribution in [2.24, 2.45) is 0 Å². The fourth-order valence-corrected chi connectivity index (χ4v) is 2.53. The van der Waals surface area contributed by atoms with Crippen LogP contribution in [0.4, 0.5) is 24.5 Å². The standard InChI is InChI=1S/C19H14F3NO/c1-23(19-16(21)8-9-17(24)18(19)22)15-7-3-5-13(11-15)12-4-2-6-14(20)10-12/h2-11,24H,1H3. The van der Waals surface area contributed by atoms with Crippen molar-refractivity contribution >= 4 is 11.4 Å². The predicted octanol–water partition coefficient (Wildman–Crippen LogP) is 5.24. The van der Waals surface area contributed by atoms with Crippen LogP contribution in [0.5, 0.6) is 5.75 Å². The number of phenols is 1. The molecule has 122 valence electrons. The summed E-state index contributed by atoms with van der Waals surface area (Å²) in [6.45, 7) is 0. The van der Waals surface area contributed by atoms with Crippen LogP contribution >= 0.6 is 0 Å². The van der Waals surface area contributed by atoms with E-state index in [1.807, 2.05) is 0 Å². The molecule has 2 nitrogen and oxygen atoms in total. The first-order chi connectivity index (χ1) is 11.5. The molecule has 0 aliphatic carbocycles. The van der Waals surface area contributed by atoms with Gasteiger partial charge in [-0.3, -0.25) is 0 Å². The molecule has 0 amide bonds. The Balaban J connectivity index is 2.05. The Labute approximate surface area is 137 Å². The second-order valence-corrected chi connectivity index (χ2v) is 5.35. The zero-order chi connectivity index (χ0) is 17.3. The minimum absolute atomic E-state index is 0.355. The molecule has 0 heterocycles. The molecule has 24 heavy (non-hydrogen) atoms. The third-order valence-corrected chi connectivity index (χ3v) is 3.77. The summed E-state index contributed by atoms with van der Waals surface area (Å²) in [5, 5.41) is 9.47. The van der Waals surface area contributed by atoms with Crippen molar-refractivity contribution in [2.45, 2.75) is 0 Å². The van der Waals surface area contributed by atoms with E-state index in [4.69, 9.17) is 0 Å². The number of halogens is 3. The molecule has 0 radical (unpaired) electrons. The first-order valence-corrected chi connectivity index (χ1v) is 7.24. The summed E-state index contributed by atoms with van der Waals surface area (Å²) in [5.41, 5.74) is 1.51. The fourth-order valence-electron chi connectivity index (χ4n) is 2.53. The second-order valence-electron chi connectivity index (χ2n) is 5.35. The van der Waals surface area contributed by atoms with Crippen LogP contribution in [-0.4, -0.2) is 12.2 Å². The third-order valence-electron chi connectivity index (χ3n) is 3.77. The van der Waals surface area contributed by atoms with E-state index >= 15 is 0 Å². The van der Waals surface area contributed by atoms with Gasteiger partial charge in [0, 0.05) is 12.7 Å². The Morgan fingerprint density at radius 2 is 1.50 bits per heavy atom. The molecule has 3 aromatic carbocycles. The van der Waals surface area contributed by atoms with Crippen LogP contribution in [0.1, 0.15) is 0 Å². The molecule has 1 N–H and O–H groups in total. The normalized spacial score (nSPS) is 10.7. The summed E-state index contributed by atoms with van der Waals surface area (Å²) in [5.74, 6) is -2.81. The average molecular weight is 329 g/mol. The molecule has 0 aliphatic heterocycles. The summed E-state index contributed by atoms with van der Waals surface area (Å²) in [4.78, 5) is 1.30. The quantitative estimate of drug-likeness (QED) is 0.710. The van der Waals surface area contributed by atoms with Crippen molar-refractivity contribution in [3.05, 3.63) is 78.1 Å². The van der Waals surface area contributed by atoms with Crippen LogP contribution in [0.25, 0.3) is 11.1 Å². The summed E-state index contributed by atoms with van der Waals surface area (Å²) in [7, 11) is 1.49. The maximum Gasteiger partial charge on any atom is 0.191 e. The molecule has 0 aromatic heterocycles. The van der Waals surface area contributed by atoms with Gasteiger partial charge >= 0.3 is 0 Å². The van der Waals surface area contributed by atoms with Crippen LogP contribution in [0, 0.1) is 17.5 Å². The van der Waals surface area contributed by atoms with Gasteiger partial charge in [-0.1, -0.05) is 24.3 Å². The number of nitrogens with zero attached hydrogens (tertiary/aromatic N) is 1. The highest BCUT2D eigenvalue weighted by Gasteiger charge is 2.18. The van der Waals surface area contributed by atoms with E-state index in [2.05, 4.69) is 0 Å². The number of aromatic hydroxyl groups is 1. The predicted molar refractivity (Wildman–Crippen MR) is 87.9 cm³/mol. The van der Waals surface area contributed by atoms with Crippen molar-refractivity contribution in [3.63, 3.8) is 0 Å². The van der Waals surface area contributed by atoms with E-state index in [-0.39, 0.29) is 11.5 Å². The number of hydrogen-bond acceptors (Lipinski definition) is 2. The number of anilines is 2. The molecule has 3 rings (SSSR count). The third kappa shape index (κ3) is 2.93. The summed E-state index contributed by atoms with van der Waals surface area (Å²) in [6, 6.07) is 14.9. The van der Waals surface area contributed by atoms with Crippen LogP contribution in [0.3, 0.4) is 0 Å². The highest BCUT2D eigenvalue weighted by molar-refractivity contribution is 5.72. The van der Waals surface area contributed by atoms with Crippen LogP contribution in [-0.2, 0) is 0 Å². The smallest absolute Gasteiger partial charge is 0.191 e. The van der Waals surface area contributed by atoms with Gasteiger partial charge in [-0.25, -0.2) is 13.2 Å². The average Bonchev–Trinajstić information content (AvgIpc) is 2.58. The van der Waals surface area contributed by atoms with Crippen LogP contribution in [0.15, 0.2) is 60.7 Å². The van der Waals surface area contributed by atoms with Gasteiger partial charge in [-0.05, 0) is 47.5 Å². The van der Waals surface area contributed by atoms with E-state index in [1.54, 1.807) is 36.4 Å². The molecule has 5 heteroatoms. The first-order valence-electron chi connectivity index (χ1n) is 7.24. The highest BCUT2D eigenvalue weighted by atomic mass is 19.1. The maximum absolute atomic E-state index is 14.1. The molecule has 0 saturated heterocycles. The summed E-state index contributed by atoms with van der Waals surface area (Å²) < 4.78 is 41.5. The zero-order valence-corrected chi connectivity index (χ0v) is 12.8. The van der Waals surface area contributed by atoms with E-state index in [9.17, 15) is 18.3 Å². The minimum atomic E-state index is -1.03. The molecular formula is C19H14F3NO. The molecule has 0 aliphatic rings. The Bertz CT molecular complexity index is 896. The minimum Gasteiger partial charge on any atom is -0.505 e. The topological polar surface area (TPSA) is 23.5 Å². The summed E-state index contributed by atoms with van der Waals surface area (Å²) >= 11 is 0. The molecule has 0 saturated carbocycles. The highest BCUT2D eigenvalue weighted by Crippen LogP contribution is 2.34. The number of phenolic OH excluding ortho intramolecular Hbond substituents is 1. The van der Waals surface area contributed by atoms with E-state index in [1.165, 1.54) is 24.1 Å². The monoisotopic (exact) mass is 329 g/mol. The Morgan fingerprint density at radius 1 is 0.833 bits per heavy atom. The van der Waals surface area contributed by atoms with Crippen molar-refractivity contribution in [1.29, 1.82) is 0 Å². The molecular weight excluding hydrogens is 315 g/mol. The molecule has 0 atom stereocenters. The number of hydrogen-bond donors (Lipinski definition) is 1. The number of benzene rings is 3. The van der Waals surface area contributed by atoms with Crippen molar-refractivity contribution < 1.29 is 18.3 Å². The molecule has 3 aromatic rings. The number of rotatable bonds is 3. The van der Waals surface area contributed by atoms with Crippen molar-refractivity contribution in [2.75, 3.05) is 11.9 Å². The van der Waals surface area contributed by atoms with Gasteiger partial charge < -0.3 is 10.0 Å². The Kier molecular flexibility index (Phi) is 4.16. The lowest BCUT2D eigenvalue weighted by molar-refractivity contribution is 0.429. The maximum atomic E-state index is 14.1. The van der Waals surface area contributed by atoms with Crippen molar-refractivity contribution in [3.8, 4) is 16.9 Å². The largest absolute Gasteiger partial charge is 0.505 e. The van der Waals surface area contributed by atoms with Gasteiger partial charge in [0.15, 0.2) is 11.6 Å².